The van der Waals surface area contributed by atoms with Crippen LogP contribution in [-0.4, -0.2) is 23.7 Å². The molecule has 7 nitrogen and oxygen atoms in total. The van der Waals surface area contributed by atoms with Crippen LogP contribution in [0.5, 0.6) is 0 Å². The fourth-order valence-electron chi connectivity index (χ4n) is 15.5. The molecule has 0 aliphatic rings. The smallest absolute Gasteiger partial charge is 0.160 e. The van der Waals surface area contributed by atoms with Gasteiger partial charge in [-0.3, -0.25) is 0 Å². The first-order valence-electron chi connectivity index (χ1n) is 34.3. The highest BCUT2D eigenvalue weighted by molar-refractivity contribution is 6.22. The zero-order chi connectivity index (χ0) is 66.5. The molecule has 7 heteroatoms. The molecule has 0 N–H and O–H groups in total. The van der Waals surface area contributed by atoms with Gasteiger partial charge in [0, 0.05) is 99.2 Å². The van der Waals surface area contributed by atoms with Gasteiger partial charge in [-0.1, -0.05) is 273 Å². The van der Waals surface area contributed by atoms with Crippen molar-refractivity contribution in [3.05, 3.63) is 358 Å². The van der Waals surface area contributed by atoms with Crippen LogP contribution in [0.2, 0.25) is 0 Å². The fraction of sp³-hybridized carbons (Fsp3) is 0. The highest BCUT2D eigenvalue weighted by Crippen LogP contribution is 2.45. The molecule has 0 aliphatic carbocycles. The van der Waals surface area contributed by atoms with Crippen molar-refractivity contribution >= 4 is 109 Å². The third kappa shape index (κ3) is 9.58. The predicted molar refractivity (Wildman–Crippen MR) is 419 cm³/mol. The van der Waals surface area contributed by atoms with Crippen molar-refractivity contribution in [2.24, 2.45) is 0 Å². The van der Waals surface area contributed by atoms with Gasteiger partial charge in [0.2, 0.25) is 0 Å². The Morgan fingerprint density at radius 3 is 1.32 bits per heavy atom. The molecule has 0 saturated heterocycles. The van der Waals surface area contributed by atoms with Crippen LogP contribution in [0.15, 0.2) is 367 Å². The number of rotatable bonds is 9. The molecule has 21 rings (SSSR count). The van der Waals surface area contributed by atoms with Gasteiger partial charge in [0.15, 0.2) is 11.4 Å². The van der Waals surface area contributed by atoms with Gasteiger partial charge in [-0.2, -0.15) is 0 Å². The first-order valence-corrected chi connectivity index (χ1v) is 34.3. The monoisotopic (exact) mass is 1290 g/mol. The third-order valence-corrected chi connectivity index (χ3v) is 20.1. The summed E-state index contributed by atoms with van der Waals surface area (Å²) < 4.78 is 20.5. The molecule has 15 aromatic carbocycles. The summed E-state index contributed by atoms with van der Waals surface area (Å²) in [5.74, 6) is 0.704. The van der Waals surface area contributed by atoms with Crippen LogP contribution in [0.25, 0.3) is 194 Å². The van der Waals surface area contributed by atoms with E-state index in [1.54, 1.807) is 0 Å². The molecule has 0 aliphatic heterocycles. The zero-order valence-corrected chi connectivity index (χ0v) is 54.6. The van der Waals surface area contributed by atoms with E-state index in [1.807, 2.05) is 48.5 Å². The zero-order valence-electron chi connectivity index (χ0n) is 54.6. The number of fused-ring (bicyclic) bond motifs is 16. The Morgan fingerprint density at radius 2 is 0.663 bits per heavy atom. The maximum Gasteiger partial charge on any atom is 0.160 e. The quantitative estimate of drug-likeness (QED) is 0.144. The summed E-state index contributed by atoms with van der Waals surface area (Å²) in [7, 11) is 0. The second-order valence-corrected chi connectivity index (χ2v) is 25.9. The van der Waals surface area contributed by atoms with Crippen LogP contribution in [0.4, 0.5) is 0 Å². The average molecular weight is 1290 g/mol. The molecule has 0 unspecified atom stereocenters. The van der Waals surface area contributed by atoms with Crippen LogP contribution in [0, 0.1) is 0 Å². The van der Waals surface area contributed by atoms with Crippen LogP contribution in [0.3, 0.4) is 0 Å². The summed E-state index contributed by atoms with van der Waals surface area (Å²) in [5, 5.41) is 11.8. The molecule has 6 aromatic heterocycles. The molecule has 0 fully saturated rings. The molecule has 472 valence electrons. The molecule has 0 amide bonds. The lowest BCUT2D eigenvalue weighted by Gasteiger charge is -2.16. The van der Waals surface area contributed by atoms with E-state index in [9.17, 15) is 0 Å². The second-order valence-electron chi connectivity index (χ2n) is 25.9. The second kappa shape index (κ2) is 23.6. The van der Waals surface area contributed by atoms with Crippen molar-refractivity contribution in [3.8, 4) is 84.3 Å². The lowest BCUT2D eigenvalue weighted by Crippen LogP contribution is -2.00. The summed E-state index contributed by atoms with van der Waals surface area (Å²) >= 11 is 0. The summed E-state index contributed by atoms with van der Waals surface area (Å²) in [6, 6.07) is 127. The van der Waals surface area contributed by atoms with E-state index < -0.39 is 0 Å². The highest BCUT2D eigenvalue weighted by Gasteiger charge is 2.23. The third-order valence-electron chi connectivity index (χ3n) is 20.1. The first kappa shape index (κ1) is 57.6. The summed E-state index contributed by atoms with van der Waals surface area (Å²) in [6.45, 7) is 0. The van der Waals surface area contributed by atoms with Gasteiger partial charge in [-0.25, -0.2) is 9.97 Å². The number of furan rings is 2. The van der Waals surface area contributed by atoms with E-state index in [2.05, 4.69) is 323 Å². The topological polar surface area (TPSA) is 66.8 Å². The highest BCUT2D eigenvalue weighted by atomic mass is 16.3. The van der Waals surface area contributed by atoms with Crippen LogP contribution < -0.4 is 0 Å². The van der Waals surface area contributed by atoms with Crippen molar-refractivity contribution in [2.75, 3.05) is 0 Å². The number of para-hydroxylation sites is 6. The Balaban J connectivity index is 0.000000136. The van der Waals surface area contributed by atoms with Crippen molar-refractivity contribution in [1.82, 2.24) is 23.7 Å². The van der Waals surface area contributed by atoms with Crippen molar-refractivity contribution in [2.45, 2.75) is 0 Å². The van der Waals surface area contributed by atoms with Gasteiger partial charge >= 0.3 is 0 Å². The maximum absolute atomic E-state index is 6.79. The Morgan fingerprint density at radius 1 is 0.208 bits per heavy atom. The minimum atomic E-state index is 0.704. The summed E-state index contributed by atoms with van der Waals surface area (Å²) in [4.78, 5) is 10.1. The normalized spacial score (nSPS) is 11.8. The molecule has 0 bridgehead atoms. The van der Waals surface area contributed by atoms with Crippen LogP contribution in [0.1, 0.15) is 0 Å². The molecule has 0 atom stereocenters. The van der Waals surface area contributed by atoms with Gasteiger partial charge in [-0.15, -0.1) is 0 Å². The lowest BCUT2D eigenvalue weighted by molar-refractivity contribution is 0.670. The Kier molecular flexibility index (Phi) is 13.5. The largest absolute Gasteiger partial charge is 0.455 e. The molecule has 0 saturated carbocycles. The van der Waals surface area contributed by atoms with Gasteiger partial charge in [-0.05, 0) is 107 Å². The number of aromatic nitrogens is 5. The molecule has 0 spiro atoms. The minimum Gasteiger partial charge on any atom is -0.455 e. The Labute approximate surface area is 580 Å². The number of benzene rings is 15. The predicted octanol–water partition coefficient (Wildman–Crippen LogP) is 25.3. The van der Waals surface area contributed by atoms with E-state index >= 15 is 0 Å². The van der Waals surface area contributed by atoms with E-state index in [4.69, 9.17) is 18.8 Å². The van der Waals surface area contributed by atoms with E-state index in [0.717, 1.165) is 139 Å². The average Bonchev–Trinajstić information content (AvgIpc) is 1.57. The number of hydrogen-bond acceptors (Lipinski definition) is 4. The minimum absolute atomic E-state index is 0.704. The molecular weight excluding hydrogens is 1230 g/mol. The van der Waals surface area contributed by atoms with Gasteiger partial charge < -0.3 is 22.5 Å². The van der Waals surface area contributed by atoms with Gasteiger partial charge in [0.05, 0.1) is 44.5 Å². The van der Waals surface area contributed by atoms with E-state index in [0.29, 0.717) is 5.82 Å². The Hall–Kier alpha value is -13.6. The van der Waals surface area contributed by atoms with Crippen molar-refractivity contribution in [1.29, 1.82) is 0 Å². The molecular formula is C94H59N5O2. The Bertz CT molecular complexity index is 6690. The fourth-order valence-corrected chi connectivity index (χ4v) is 15.5. The van der Waals surface area contributed by atoms with E-state index in [-0.39, 0.29) is 0 Å². The van der Waals surface area contributed by atoms with Crippen LogP contribution >= 0.6 is 0 Å². The van der Waals surface area contributed by atoms with E-state index in [1.165, 1.54) is 48.9 Å². The number of hydrogen-bond donors (Lipinski definition) is 0. The molecule has 101 heavy (non-hydrogen) atoms. The van der Waals surface area contributed by atoms with Crippen molar-refractivity contribution in [3.63, 3.8) is 0 Å². The van der Waals surface area contributed by atoms with Crippen LogP contribution in [-0.2, 0) is 0 Å². The summed E-state index contributed by atoms with van der Waals surface area (Å²) in [6.07, 6.45) is 0. The van der Waals surface area contributed by atoms with Gasteiger partial charge in [0.25, 0.3) is 0 Å². The molecule has 6 heterocycles. The first-order chi connectivity index (χ1) is 50.1. The van der Waals surface area contributed by atoms with Crippen molar-refractivity contribution < 1.29 is 8.83 Å². The standard InChI is InChI=1S/C48H30N2O.C46H29N3O/c1-3-14-31(15-4-1)33-26-34(49-43-23-10-7-18-37(43)38-19-8-11-24-44(38)49)28-35(27-33)50-45-25-12-9-20-39(45)41-29-42-40-22-13-21-36(32-16-5-2-6-17-32)48(40)51-47(42)30-46(41)50;1-3-13-31(14-4-1)40-29-41(48-46(47-40)32-15-5-2-6-16-32)35-18-8-7-17-34(35)30-23-25-33(26-24-30)49-42-21-11-9-19-36(42)38-27-28-39-37-20-10-12-22-43(37)50-45(39)44(38)49/h1-30H;1-29H. The lowest BCUT2D eigenvalue weighted by atomic mass is 9.96. The maximum atomic E-state index is 6.79. The SMILES string of the molecule is c1ccc(-c2cc(-c3ccccc3-c3ccc(-n4c5ccccc5c5ccc6c7ccccc7oc6c54)cc3)nc(-c3ccccc3)n2)cc1.c1ccc(-c2cc(-n3c4ccccc4c4ccccc43)cc(-n3c4ccccc4c4cc5c(cc43)oc3c(-c4ccccc4)cccc35)c2)cc1. The molecule has 21 aromatic rings. The molecule has 0 radical (unpaired) electrons. The van der Waals surface area contributed by atoms with Gasteiger partial charge in [0.1, 0.15) is 16.7 Å². The summed E-state index contributed by atoms with van der Waals surface area (Å²) in [5.41, 5.74) is 25.4. The number of nitrogens with zero attached hydrogens (tertiary/aromatic N) is 5.